The second kappa shape index (κ2) is 13.3. The van der Waals surface area contributed by atoms with Gasteiger partial charge in [-0.15, -0.1) is 0 Å². The number of fused-ring (bicyclic) bond motifs is 2. The molecule has 222 valence electrons. The summed E-state index contributed by atoms with van der Waals surface area (Å²) in [7, 11) is -7.99. The van der Waals surface area contributed by atoms with Gasteiger partial charge in [0, 0.05) is 26.8 Å². The Balaban J connectivity index is 1.63. The molecule has 0 fully saturated rings. The second-order valence-electron chi connectivity index (χ2n) is 9.60. The predicted molar refractivity (Wildman–Crippen MR) is 164 cm³/mol. The number of quaternary nitrogens is 1. The minimum atomic E-state index is -4.27. The number of unbranched alkanes of at least 4 members (excludes halogenated alkanes) is 1. The third-order valence-electron chi connectivity index (χ3n) is 6.35. The number of nitrogens with one attached hydrogen (secondary N) is 2. The van der Waals surface area contributed by atoms with Gasteiger partial charge >= 0.3 is 0 Å². The zero-order chi connectivity index (χ0) is 29.9. The molecule has 4 rings (SSSR count). The number of nitrogens with zero attached hydrogens (tertiary/aromatic N) is 1. The average Bonchev–Trinajstić information content (AvgIpc) is 3.36. The molecule has 2 aliphatic rings. The van der Waals surface area contributed by atoms with E-state index < -0.39 is 31.8 Å². The van der Waals surface area contributed by atoms with Crippen molar-refractivity contribution in [2.24, 2.45) is 0 Å². The Morgan fingerprint density at radius 2 is 1.78 bits per heavy atom. The number of rotatable bonds is 11. The summed E-state index contributed by atoms with van der Waals surface area (Å²) in [6.07, 6.45) is 6.58. The van der Waals surface area contributed by atoms with E-state index in [0.717, 1.165) is 37.2 Å². The van der Waals surface area contributed by atoms with Crippen LogP contribution in [0.15, 0.2) is 68.9 Å². The van der Waals surface area contributed by atoms with Crippen LogP contribution >= 0.6 is 46.7 Å². The molecule has 0 radical (unpaired) electrons. The summed E-state index contributed by atoms with van der Waals surface area (Å²) >= 11 is 15.7. The molecule has 0 saturated heterocycles. The molecule has 1 amide bonds. The predicted octanol–water partition coefficient (Wildman–Crippen LogP) is 4.13. The zero-order valence-electron chi connectivity index (χ0n) is 22.2. The fourth-order valence-corrected chi connectivity index (χ4v) is 8.43. The third-order valence-corrected chi connectivity index (χ3v) is 10.6. The maximum atomic E-state index is 12.6. The molecule has 2 aromatic carbocycles. The van der Waals surface area contributed by atoms with Crippen molar-refractivity contribution in [3.05, 3.63) is 69.2 Å². The van der Waals surface area contributed by atoms with Crippen LogP contribution < -0.4 is 14.5 Å². The molecule has 2 N–H and O–H groups in total. The van der Waals surface area contributed by atoms with Crippen molar-refractivity contribution in [3.8, 4) is 0 Å². The number of hydrogen-bond acceptors (Lipinski definition) is 9. The maximum Gasteiger partial charge on any atom is 0.253 e. The third kappa shape index (κ3) is 8.90. The van der Waals surface area contributed by atoms with Gasteiger partial charge in [-0.1, -0.05) is 53.6 Å². The first-order valence-corrected chi connectivity index (χ1v) is 18.6. The number of hydrogen-bond donors (Lipinski definition) is 2. The van der Waals surface area contributed by atoms with Gasteiger partial charge in [0.25, 0.3) is 5.91 Å². The topological polar surface area (TPSA) is 128 Å². The van der Waals surface area contributed by atoms with E-state index in [0.29, 0.717) is 35.1 Å². The van der Waals surface area contributed by atoms with E-state index in [1.807, 2.05) is 42.0 Å². The van der Waals surface area contributed by atoms with Crippen LogP contribution in [-0.2, 0) is 24.9 Å². The highest BCUT2D eigenvalue weighted by Crippen LogP contribution is 2.47. The number of allylic oxidation sites excluding steroid dienone is 2. The number of benzene rings is 2. The Bertz CT molecular complexity index is 1610. The van der Waals surface area contributed by atoms with Crippen LogP contribution in [0.5, 0.6) is 0 Å². The Kier molecular flexibility index (Phi) is 10.4. The number of carbonyl (C=O) groups is 1. The summed E-state index contributed by atoms with van der Waals surface area (Å²) in [5.41, 5.74) is 2.73. The van der Waals surface area contributed by atoms with E-state index in [2.05, 4.69) is 6.08 Å². The van der Waals surface area contributed by atoms with Crippen molar-refractivity contribution in [3.63, 3.8) is 0 Å². The fourth-order valence-electron chi connectivity index (χ4n) is 4.57. The SMILES string of the molecule is CCC(=CC1Sc2ccc(Cl)cc2[NH+]1CCCCS(=O)(=O)[O-])C=C1Sc2ccc(Cl)cc2N1CC(=O)NS(C)(=O)=O. The standard InChI is InChI=1S/C26H29Cl2N3O6S4/c1-3-17(12-25-30(10-4-5-11-41(35,36)37)20-14-18(27)6-8-22(20)38-25)13-26-31(16-24(32)29-40(2,33)34)21-15-19(28)7-9-23(21)39-26/h6-9,12-15,25H,3-5,10-11,16H2,1-2H3,(H,29,32)(H,35,36,37). The van der Waals surface area contributed by atoms with Crippen molar-refractivity contribution in [1.82, 2.24) is 4.72 Å². The van der Waals surface area contributed by atoms with Crippen molar-refractivity contribution in [2.45, 2.75) is 41.4 Å². The smallest absolute Gasteiger partial charge is 0.253 e. The van der Waals surface area contributed by atoms with Gasteiger partial charge in [-0.3, -0.25) is 14.4 Å². The van der Waals surface area contributed by atoms with E-state index in [-0.39, 0.29) is 18.3 Å². The lowest BCUT2D eigenvalue weighted by molar-refractivity contribution is -0.835. The quantitative estimate of drug-likeness (QED) is 0.266. The molecule has 41 heavy (non-hydrogen) atoms. The Hall–Kier alpha value is -1.71. The number of halogens is 2. The molecule has 0 bridgehead atoms. The molecular weight excluding hydrogens is 649 g/mol. The lowest BCUT2D eigenvalue weighted by atomic mass is 10.1. The maximum absolute atomic E-state index is 12.6. The molecule has 2 atom stereocenters. The van der Waals surface area contributed by atoms with Crippen molar-refractivity contribution in [1.29, 1.82) is 0 Å². The molecule has 2 aromatic rings. The van der Waals surface area contributed by atoms with E-state index in [4.69, 9.17) is 23.2 Å². The molecule has 2 heterocycles. The van der Waals surface area contributed by atoms with Crippen LogP contribution in [0.2, 0.25) is 10.0 Å². The first-order valence-electron chi connectivity index (χ1n) is 12.7. The molecule has 0 spiro atoms. The molecule has 0 aromatic heterocycles. The summed E-state index contributed by atoms with van der Waals surface area (Å²) in [5.74, 6) is -1.06. The fraction of sp³-hybridized carbons (Fsp3) is 0.346. The van der Waals surface area contributed by atoms with Crippen molar-refractivity contribution >= 4 is 84.1 Å². The van der Waals surface area contributed by atoms with Crippen LogP contribution in [-0.4, -0.2) is 57.8 Å². The summed E-state index contributed by atoms with van der Waals surface area (Å²) in [5, 5.41) is 1.82. The lowest BCUT2D eigenvalue weighted by Crippen LogP contribution is -3.09. The van der Waals surface area contributed by atoms with Gasteiger partial charge in [-0.05, 0) is 67.3 Å². The Morgan fingerprint density at radius 3 is 2.44 bits per heavy atom. The van der Waals surface area contributed by atoms with Gasteiger partial charge in [-0.2, -0.15) is 0 Å². The summed E-state index contributed by atoms with van der Waals surface area (Å²) in [6, 6.07) is 11.1. The van der Waals surface area contributed by atoms with Gasteiger partial charge in [0.15, 0.2) is 5.37 Å². The molecule has 0 aliphatic carbocycles. The van der Waals surface area contributed by atoms with Crippen molar-refractivity contribution in [2.75, 3.05) is 30.0 Å². The normalized spacial score (nSPS) is 19.9. The van der Waals surface area contributed by atoms with Crippen LogP contribution in [0.1, 0.15) is 26.2 Å². The number of amides is 1. The first-order chi connectivity index (χ1) is 19.2. The van der Waals surface area contributed by atoms with Gasteiger partial charge in [-0.25, -0.2) is 16.8 Å². The van der Waals surface area contributed by atoms with E-state index in [1.165, 1.54) is 11.8 Å². The van der Waals surface area contributed by atoms with Gasteiger partial charge in [0.1, 0.15) is 12.2 Å². The van der Waals surface area contributed by atoms with Crippen LogP contribution in [0.3, 0.4) is 0 Å². The highest BCUT2D eigenvalue weighted by Gasteiger charge is 2.35. The number of thioether (sulfide) groups is 2. The van der Waals surface area contributed by atoms with Crippen LogP contribution in [0, 0.1) is 0 Å². The molecule has 0 saturated carbocycles. The summed E-state index contributed by atoms with van der Waals surface area (Å²) in [4.78, 5) is 17.4. The summed E-state index contributed by atoms with van der Waals surface area (Å²) in [6.45, 7) is 2.43. The Morgan fingerprint density at radius 1 is 1.10 bits per heavy atom. The monoisotopic (exact) mass is 677 g/mol. The summed E-state index contributed by atoms with van der Waals surface area (Å²) < 4.78 is 58.5. The van der Waals surface area contributed by atoms with Crippen molar-refractivity contribution < 1.29 is 31.1 Å². The number of anilines is 1. The zero-order valence-corrected chi connectivity index (χ0v) is 27.0. The molecular formula is C26H29Cl2N3O6S4. The highest BCUT2D eigenvalue weighted by atomic mass is 35.5. The lowest BCUT2D eigenvalue weighted by Gasteiger charge is -2.21. The van der Waals surface area contributed by atoms with Crippen LogP contribution in [0.4, 0.5) is 11.4 Å². The molecule has 2 aliphatic heterocycles. The first kappa shape index (κ1) is 32.2. The number of carbonyl (C=O) groups excluding carboxylic acids is 1. The largest absolute Gasteiger partial charge is 0.748 e. The average molecular weight is 679 g/mol. The van der Waals surface area contributed by atoms with Gasteiger partial charge in [0.2, 0.25) is 10.0 Å². The van der Waals surface area contributed by atoms with E-state index >= 15 is 0 Å². The molecule has 9 nitrogen and oxygen atoms in total. The van der Waals surface area contributed by atoms with E-state index in [9.17, 15) is 26.2 Å². The second-order valence-corrected chi connectivity index (χ2v) is 16.0. The Labute approximate surface area is 259 Å². The van der Waals surface area contributed by atoms with E-state index in [1.54, 1.807) is 28.8 Å². The van der Waals surface area contributed by atoms with Gasteiger partial charge in [0.05, 0.1) is 38.5 Å². The van der Waals surface area contributed by atoms with Crippen LogP contribution in [0.25, 0.3) is 0 Å². The minimum absolute atomic E-state index is 0.0377. The highest BCUT2D eigenvalue weighted by molar-refractivity contribution is 8.03. The molecule has 2 unspecified atom stereocenters. The van der Waals surface area contributed by atoms with Gasteiger partial charge < -0.3 is 9.45 Å². The molecule has 15 heteroatoms. The number of sulfonamides is 1. The minimum Gasteiger partial charge on any atom is -0.748 e.